The Morgan fingerprint density at radius 2 is 0.926 bits per heavy atom. The van der Waals surface area contributed by atoms with Gasteiger partial charge in [-0.15, -0.1) is 0 Å². The molecule has 0 aromatic heterocycles. The number of hydrogen-bond acceptors (Lipinski definition) is 7. The third-order valence-corrected chi connectivity index (χ3v) is 11.0. The summed E-state index contributed by atoms with van der Waals surface area (Å²) in [6.07, 6.45) is -0.0830. The summed E-state index contributed by atoms with van der Waals surface area (Å²) in [4.78, 5) is 0. The van der Waals surface area contributed by atoms with E-state index in [2.05, 4.69) is 128 Å². The van der Waals surface area contributed by atoms with Crippen LogP contribution in [-0.2, 0) is 45.7 Å². The van der Waals surface area contributed by atoms with E-state index in [0.717, 1.165) is 35.8 Å². The average Bonchev–Trinajstić information content (AvgIpc) is 4.09. The minimum absolute atomic E-state index is 0.156. The van der Waals surface area contributed by atoms with Crippen molar-refractivity contribution < 1.29 is 33.2 Å². The van der Waals surface area contributed by atoms with Gasteiger partial charge in [-0.2, -0.15) is 0 Å². The topological polar surface area (TPSA) is 71.2 Å². The molecule has 0 saturated carbocycles. The highest BCUT2D eigenvalue weighted by Crippen LogP contribution is 2.37. The molecule has 54 heavy (non-hydrogen) atoms. The van der Waals surface area contributed by atoms with Gasteiger partial charge in [0.2, 0.25) is 0 Å². The van der Waals surface area contributed by atoms with Crippen molar-refractivity contribution in [3.63, 3.8) is 0 Å². The van der Waals surface area contributed by atoms with Crippen molar-refractivity contribution in [2.24, 2.45) is 0 Å². The number of ether oxygens (including phenoxy) is 7. The molecule has 2 saturated heterocycles. The second-order valence-corrected chi connectivity index (χ2v) is 17.0. The molecule has 0 bridgehead atoms. The van der Waals surface area contributed by atoms with Gasteiger partial charge in [-0.05, 0) is 99.2 Å². The SMILES string of the molecule is CC(COC(C)OC(C)(C)c1ccc(C(C)(C)c2ccc(OCC3CO3)cc2)cc1)Oc1ccc(C(C)(C)c2ccc(C(C)(C)OCC3CO3)cc2)cc1. The third-order valence-electron chi connectivity index (χ3n) is 11.0. The molecule has 2 aliphatic rings. The van der Waals surface area contributed by atoms with Crippen LogP contribution in [0.15, 0.2) is 97.1 Å². The Morgan fingerprint density at radius 3 is 1.39 bits per heavy atom. The van der Waals surface area contributed by atoms with Crippen LogP contribution in [0.4, 0.5) is 0 Å². The smallest absolute Gasteiger partial charge is 0.156 e. The second-order valence-electron chi connectivity index (χ2n) is 17.0. The van der Waals surface area contributed by atoms with Crippen LogP contribution in [0.3, 0.4) is 0 Å². The van der Waals surface area contributed by atoms with Gasteiger partial charge in [0.25, 0.3) is 0 Å². The normalized spacial score (nSPS) is 18.6. The van der Waals surface area contributed by atoms with Crippen LogP contribution in [-0.4, -0.2) is 57.6 Å². The zero-order valence-electron chi connectivity index (χ0n) is 33.9. The van der Waals surface area contributed by atoms with Gasteiger partial charge in [0, 0.05) is 10.8 Å². The van der Waals surface area contributed by atoms with Crippen LogP contribution in [0.2, 0.25) is 0 Å². The molecule has 7 heteroatoms. The van der Waals surface area contributed by atoms with Gasteiger partial charge in [0.15, 0.2) is 6.29 Å². The molecular weight excluding hydrogens is 677 g/mol. The summed E-state index contributed by atoms with van der Waals surface area (Å²) in [5.74, 6) is 1.68. The highest BCUT2D eigenvalue weighted by Gasteiger charge is 2.31. The maximum absolute atomic E-state index is 6.42. The summed E-state index contributed by atoms with van der Waals surface area (Å²) in [6, 6.07) is 34.3. The first kappa shape index (κ1) is 40.0. The first-order valence-electron chi connectivity index (χ1n) is 19.4. The zero-order chi connectivity index (χ0) is 38.7. The van der Waals surface area contributed by atoms with Gasteiger partial charge in [0.05, 0.1) is 37.6 Å². The Balaban J connectivity index is 0.967. The molecule has 2 aliphatic heterocycles. The molecule has 7 nitrogen and oxygen atoms in total. The molecule has 0 aliphatic carbocycles. The first-order chi connectivity index (χ1) is 25.5. The summed E-state index contributed by atoms with van der Waals surface area (Å²) >= 11 is 0. The molecule has 4 aromatic carbocycles. The summed E-state index contributed by atoms with van der Waals surface area (Å²) in [5, 5.41) is 0. The van der Waals surface area contributed by atoms with Crippen molar-refractivity contribution in [1.82, 2.24) is 0 Å². The van der Waals surface area contributed by atoms with Crippen LogP contribution in [0.25, 0.3) is 0 Å². The van der Waals surface area contributed by atoms with Gasteiger partial charge in [-0.1, -0.05) is 100 Å². The number of hydrogen-bond donors (Lipinski definition) is 0. The van der Waals surface area contributed by atoms with Gasteiger partial charge in [0.1, 0.15) is 36.4 Å². The van der Waals surface area contributed by atoms with Crippen molar-refractivity contribution in [3.05, 3.63) is 130 Å². The number of benzene rings is 4. The predicted octanol–water partition coefficient (Wildman–Crippen LogP) is 9.85. The van der Waals surface area contributed by atoms with Gasteiger partial charge in [-0.25, -0.2) is 0 Å². The lowest BCUT2D eigenvalue weighted by Crippen LogP contribution is -2.31. The van der Waals surface area contributed by atoms with E-state index in [9.17, 15) is 0 Å². The molecule has 0 spiro atoms. The molecule has 0 amide bonds. The predicted molar refractivity (Wildman–Crippen MR) is 214 cm³/mol. The Bertz CT molecular complexity index is 1780. The highest BCUT2D eigenvalue weighted by molar-refractivity contribution is 5.43. The second kappa shape index (κ2) is 16.2. The third kappa shape index (κ3) is 10.1. The van der Waals surface area contributed by atoms with E-state index in [1.54, 1.807) is 0 Å². The lowest BCUT2D eigenvalue weighted by Gasteiger charge is -2.31. The molecule has 2 heterocycles. The van der Waals surface area contributed by atoms with E-state index in [-0.39, 0.29) is 34.7 Å². The Morgan fingerprint density at radius 1 is 0.537 bits per heavy atom. The fourth-order valence-electron chi connectivity index (χ4n) is 6.78. The van der Waals surface area contributed by atoms with Crippen molar-refractivity contribution in [2.45, 2.75) is 116 Å². The molecule has 4 unspecified atom stereocenters. The van der Waals surface area contributed by atoms with E-state index in [0.29, 0.717) is 19.8 Å². The van der Waals surface area contributed by atoms with Crippen LogP contribution < -0.4 is 9.47 Å². The Hall–Kier alpha value is -3.72. The van der Waals surface area contributed by atoms with Crippen molar-refractivity contribution >= 4 is 0 Å². The van der Waals surface area contributed by atoms with Crippen molar-refractivity contribution in [2.75, 3.05) is 33.0 Å². The van der Waals surface area contributed by atoms with Crippen LogP contribution in [0.5, 0.6) is 11.5 Å². The average molecular weight is 737 g/mol. The Labute approximate surface area is 323 Å². The maximum atomic E-state index is 6.42. The van der Waals surface area contributed by atoms with Gasteiger partial charge < -0.3 is 33.2 Å². The number of epoxide rings is 2. The Kier molecular flexibility index (Phi) is 12.0. The molecular formula is C47H60O7. The van der Waals surface area contributed by atoms with E-state index in [1.165, 1.54) is 22.3 Å². The summed E-state index contributed by atoms with van der Waals surface area (Å²) in [7, 11) is 0. The largest absolute Gasteiger partial charge is 0.491 e. The van der Waals surface area contributed by atoms with E-state index in [1.807, 2.05) is 38.1 Å². The molecule has 0 radical (unpaired) electrons. The fourth-order valence-corrected chi connectivity index (χ4v) is 6.78. The van der Waals surface area contributed by atoms with E-state index >= 15 is 0 Å². The van der Waals surface area contributed by atoms with E-state index < -0.39 is 11.9 Å². The van der Waals surface area contributed by atoms with Gasteiger partial charge in [-0.3, -0.25) is 0 Å². The molecule has 2 fully saturated rings. The lowest BCUT2D eigenvalue weighted by molar-refractivity contribution is -0.201. The van der Waals surface area contributed by atoms with E-state index in [4.69, 9.17) is 33.2 Å². The van der Waals surface area contributed by atoms with Crippen LogP contribution in [0, 0.1) is 0 Å². The highest BCUT2D eigenvalue weighted by atomic mass is 16.7. The fraction of sp³-hybridized carbons (Fsp3) is 0.489. The van der Waals surface area contributed by atoms with Crippen molar-refractivity contribution in [3.8, 4) is 11.5 Å². The molecule has 4 aromatic rings. The zero-order valence-corrected chi connectivity index (χ0v) is 33.9. The van der Waals surface area contributed by atoms with Gasteiger partial charge >= 0.3 is 0 Å². The van der Waals surface area contributed by atoms with Crippen LogP contribution in [0.1, 0.15) is 103 Å². The number of rotatable bonds is 19. The minimum Gasteiger partial charge on any atom is -0.491 e. The molecule has 4 atom stereocenters. The van der Waals surface area contributed by atoms with Crippen molar-refractivity contribution in [1.29, 1.82) is 0 Å². The monoisotopic (exact) mass is 736 g/mol. The maximum Gasteiger partial charge on any atom is 0.156 e. The summed E-state index contributed by atoms with van der Waals surface area (Å²) < 4.78 is 41.3. The quantitative estimate of drug-likeness (QED) is 0.0701. The standard InChI is InChI=1S/C47H60O7/c1-32(53-41-25-21-37(22-26-41)45(5,6)34-11-15-38(16-12-34)46(7,8)52-31-43-30-51-43)27-48-33(2)54-47(9,10)39-17-13-35(14-18-39)44(3,4)36-19-23-40(24-20-36)49-28-42-29-50-42/h11-26,32-33,42-43H,27-31H2,1-10H3. The minimum atomic E-state index is -0.547. The van der Waals surface area contributed by atoms with Crippen LogP contribution >= 0.6 is 0 Å². The molecule has 0 N–H and O–H groups in total. The molecule has 290 valence electrons. The first-order valence-corrected chi connectivity index (χ1v) is 19.4. The summed E-state index contributed by atoms with van der Waals surface area (Å²) in [5.41, 5.74) is 5.90. The lowest BCUT2D eigenvalue weighted by atomic mass is 9.77. The summed E-state index contributed by atoms with van der Waals surface area (Å²) in [6.45, 7) is 24.6. The molecule has 6 rings (SSSR count).